The van der Waals surface area contributed by atoms with Crippen LogP contribution in [0.15, 0.2) is 24.3 Å². The van der Waals surface area contributed by atoms with Crippen LogP contribution >= 0.6 is 11.6 Å². The molecule has 1 aromatic carbocycles. The highest BCUT2D eigenvalue weighted by Crippen LogP contribution is 2.22. The lowest BCUT2D eigenvalue weighted by Crippen LogP contribution is -2.67. The predicted molar refractivity (Wildman–Crippen MR) is 78.3 cm³/mol. The van der Waals surface area contributed by atoms with E-state index in [0.29, 0.717) is 18.0 Å². The van der Waals surface area contributed by atoms with Gasteiger partial charge in [-0.3, -0.25) is 9.59 Å². The van der Waals surface area contributed by atoms with Gasteiger partial charge in [-0.2, -0.15) is 0 Å². The molecule has 2 amide bonds. The largest absolute Gasteiger partial charge is 0.340 e. The number of carbonyl (C=O) groups excluding carboxylic acids is 2. The normalized spacial score (nSPS) is 21.8. The van der Waals surface area contributed by atoms with Crippen molar-refractivity contribution in [3.05, 3.63) is 34.9 Å². The first-order chi connectivity index (χ1) is 9.35. The fraction of sp³-hybridized carbons (Fsp3) is 0.467. The van der Waals surface area contributed by atoms with Gasteiger partial charge in [0.1, 0.15) is 11.6 Å². The maximum atomic E-state index is 12.5. The average molecular weight is 295 g/mol. The van der Waals surface area contributed by atoms with E-state index in [2.05, 4.69) is 5.32 Å². The minimum absolute atomic E-state index is 0.0566. The molecule has 0 radical (unpaired) electrons. The van der Waals surface area contributed by atoms with Crippen molar-refractivity contribution in [3.8, 4) is 0 Å². The molecule has 0 bridgehead atoms. The standard InChI is InChI=1S/C15H19ClN2O2/c1-4-12-13(19)17-15(2,3)14(20)18(12)9-10-5-7-11(16)8-6-10/h5-8,12H,4,9H2,1-3H3,(H,17,19). The van der Waals surface area contributed by atoms with Gasteiger partial charge >= 0.3 is 0 Å². The SMILES string of the molecule is CCC1C(=O)NC(C)(C)C(=O)N1Cc1ccc(Cl)cc1. The van der Waals surface area contributed by atoms with Crippen molar-refractivity contribution in [2.24, 2.45) is 0 Å². The molecule has 1 fully saturated rings. The monoisotopic (exact) mass is 294 g/mol. The van der Waals surface area contributed by atoms with Gasteiger partial charge in [0.25, 0.3) is 0 Å². The third-order valence-corrected chi connectivity index (χ3v) is 3.81. The van der Waals surface area contributed by atoms with E-state index in [1.807, 2.05) is 19.1 Å². The fourth-order valence-electron chi connectivity index (χ4n) is 2.46. The number of hydrogen-bond donors (Lipinski definition) is 1. The number of hydrogen-bond acceptors (Lipinski definition) is 2. The van der Waals surface area contributed by atoms with Crippen LogP contribution in [0.25, 0.3) is 0 Å². The Bertz CT molecular complexity index is 525. The second kappa shape index (κ2) is 5.44. The van der Waals surface area contributed by atoms with Gasteiger partial charge in [-0.25, -0.2) is 0 Å². The summed E-state index contributed by atoms with van der Waals surface area (Å²) in [5.74, 6) is -0.148. The molecule has 1 aliphatic rings. The topological polar surface area (TPSA) is 49.4 Å². The van der Waals surface area contributed by atoms with E-state index in [4.69, 9.17) is 11.6 Å². The van der Waals surface area contributed by atoms with Crippen LogP contribution in [0.1, 0.15) is 32.8 Å². The molecule has 1 aromatic rings. The molecule has 1 aliphatic heterocycles. The van der Waals surface area contributed by atoms with E-state index in [-0.39, 0.29) is 11.8 Å². The molecule has 0 spiro atoms. The summed E-state index contributed by atoms with van der Waals surface area (Å²) in [7, 11) is 0. The van der Waals surface area contributed by atoms with Gasteiger partial charge in [-0.1, -0.05) is 30.7 Å². The zero-order chi connectivity index (χ0) is 14.9. The van der Waals surface area contributed by atoms with Gasteiger partial charge < -0.3 is 10.2 Å². The molecule has 1 N–H and O–H groups in total. The van der Waals surface area contributed by atoms with Crippen LogP contribution in [-0.4, -0.2) is 28.3 Å². The Balaban J connectivity index is 2.27. The number of halogens is 1. The second-order valence-corrected chi connectivity index (χ2v) is 6.03. The average Bonchev–Trinajstić information content (AvgIpc) is 2.38. The van der Waals surface area contributed by atoms with Crippen molar-refractivity contribution < 1.29 is 9.59 Å². The van der Waals surface area contributed by atoms with Crippen molar-refractivity contribution in [2.75, 3.05) is 0 Å². The summed E-state index contributed by atoms with van der Waals surface area (Å²) in [6, 6.07) is 6.92. The van der Waals surface area contributed by atoms with Crippen LogP contribution in [0.5, 0.6) is 0 Å². The Hall–Kier alpha value is -1.55. The van der Waals surface area contributed by atoms with E-state index >= 15 is 0 Å². The summed E-state index contributed by atoms with van der Waals surface area (Å²) in [5.41, 5.74) is 0.113. The molecule has 0 aliphatic carbocycles. The zero-order valence-electron chi connectivity index (χ0n) is 11.9. The van der Waals surface area contributed by atoms with Crippen molar-refractivity contribution in [1.29, 1.82) is 0 Å². The van der Waals surface area contributed by atoms with Gasteiger partial charge in [-0.15, -0.1) is 0 Å². The third-order valence-electron chi connectivity index (χ3n) is 3.56. The van der Waals surface area contributed by atoms with Crippen LogP contribution < -0.4 is 5.32 Å². The highest BCUT2D eigenvalue weighted by Gasteiger charge is 2.44. The lowest BCUT2D eigenvalue weighted by atomic mass is 9.95. The minimum atomic E-state index is -0.852. The molecule has 2 rings (SSSR count). The van der Waals surface area contributed by atoms with Crippen molar-refractivity contribution in [1.82, 2.24) is 10.2 Å². The van der Waals surface area contributed by atoms with Gasteiger partial charge in [0.05, 0.1) is 0 Å². The maximum Gasteiger partial charge on any atom is 0.248 e. The summed E-state index contributed by atoms with van der Waals surface area (Å²) in [4.78, 5) is 26.3. The van der Waals surface area contributed by atoms with Crippen LogP contribution in [-0.2, 0) is 16.1 Å². The molecule has 0 aromatic heterocycles. The molecule has 108 valence electrons. The zero-order valence-corrected chi connectivity index (χ0v) is 12.7. The van der Waals surface area contributed by atoms with Crippen LogP contribution in [0.4, 0.5) is 0 Å². The minimum Gasteiger partial charge on any atom is -0.340 e. The number of amides is 2. The molecule has 0 saturated carbocycles. The van der Waals surface area contributed by atoms with Gasteiger partial charge in [0.15, 0.2) is 0 Å². The third kappa shape index (κ3) is 2.80. The lowest BCUT2D eigenvalue weighted by molar-refractivity contribution is -0.154. The van der Waals surface area contributed by atoms with Crippen LogP contribution in [0.3, 0.4) is 0 Å². The number of nitrogens with zero attached hydrogens (tertiary/aromatic N) is 1. The molecular formula is C15H19ClN2O2. The van der Waals surface area contributed by atoms with E-state index < -0.39 is 11.6 Å². The van der Waals surface area contributed by atoms with Crippen LogP contribution in [0.2, 0.25) is 5.02 Å². The fourth-order valence-corrected chi connectivity index (χ4v) is 2.59. The summed E-state index contributed by atoms with van der Waals surface area (Å²) in [5, 5.41) is 3.44. The number of carbonyl (C=O) groups is 2. The summed E-state index contributed by atoms with van der Waals surface area (Å²) in [6.07, 6.45) is 0.598. The van der Waals surface area contributed by atoms with Crippen molar-refractivity contribution >= 4 is 23.4 Å². The first-order valence-corrected chi connectivity index (χ1v) is 7.10. The predicted octanol–water partition coefficient (Wildman–Crippen LogP) is 2.36. The molecule has 1 unspecified atom stereocenters. The number of rotatable bonds is 3. The van der Waals surface area contributed by atoms with Gasteiger partial charge in [0, 0.05) is 11.6 Å². The smallest absolute Gasteiger partial charge is 0.248 e. The summed E-state index contributed by atoms with van der Waals surface area (Å²) in [6.45, 7) is 5.79. The molecule has 1 saturated heterocycles. The lowest BCUT2D eigenvalue weighted by Gasteiger charge is -2.42. The first-order valence-electron chi connectivity index (χ1n) is 6.72. The first kappa shape index (κ1) is 14.9. The molecule has 4 nitrogen and oxygen atoms in total. The molecule has 5 heteroatoms. The molecular weight excluding hydrogens is 276 g/mol. The molecule has 1 atom stereocenters. The number of benzene rings is 1. The van der Waals surface area contributed by atoms with E-state index in [1.165, 1.54) is 0 Å². The summed E-state index contributed by atoms with van der Waals surface area (Å²) >= 11 is 5.86. The van der Waals surface area contributed by atoms with Gasteiger partial charge in [0.2, 0.25) is 11.8 Å². The Morgan fingerprint density at radius 1 is 1.25 bits per heavy atom. The summed E-state index contributed by atoms with van der Waals surface area (Å²) < 4.78 is 0. The maximum absolute atomic E-state index is 12.5. The Kier molecular flexibility index (Phi) is 4.04. The van der Waals surface area contributed by atoms with E-state index in [9.17, 15) is 9.59 Å². The Labute approximate surface area is 124 Å². The quantitative estimate of drug-likeness (QED) is 0.930. The van der Waals surface area contributed by atoms with E-state index in [0.717, 1.165) is 5.56 Å². The highest BCUT2D eigenvalue weighted by molar-refractivity contribution is 6.30. The molecule has 1 heterocycles. The second-order valence-electron chi connectivity index (χ2n) is 5.60. The van der Waals surface area contributed by atoms with E-state index in [1.54, 1.807) is 30.9 Å². The Morgan fingerprint density at radius 2 is 1.85 bits per heavy atom. The van der Waals surface area contributed by atoms with Crippen molar-refractivity contribution in [3.63, 3.8) is 0 Å². The van der Waals surface area contributed by atoms with Crippen molar-refractivity contribution in [2.45, 2.75) is 45.3 Å². The highest BCUT2D eigenvalue weighted by atomic mass is 35.5. The van der Waals surface area contributed by atoms with Gasteiger partial charge in [-0.05, 0) is 38.0 Å². The number of piperazine rings is 1. The van der Waals surface area contributed by atoms with Crippen LogP contribution in [0, 0.1) is 0 Å². The molecule has 20 heavy (non-hydrogen) atoms. The number of nitrogens with one attached hydrogen (secondary N) is 1. The Morgan fingerprint density at radius 3 is 2.40 bits per heavy atom.